The number of pyridine rings is 1. The smallest absolute Gasteiger partial charge is 0.0573 e. The zero-order chi connectivity index (χ0) is 14.5. The van der Waals surface area contributed by atoms with E-state index in [1.807, 2.05) is 12.4 Å². The molecule has 2 fully saturated rings. The van der Waals surface area contributed by atoms with Gasteiger partial charge in [-0.25, -0.2) is 0 Å². The molecule has 4 nitrogen and oxygen atoms in total. The molecular weight excluding hydrogens is 260 g/mol. The number of nitrogens with zero attached hydrogens (tertiary/aromatic N) is 3. The van der Waals surface area contributed by atoms with E-state index < -0.39 is 0 Å². The van der Waals surface area contributed by atoms with Crippen molar-refractivity contribution < 1.29 is 0 Å². The van der Waals surface area contributed by atoms with Crippen molar-refractivity contribution in [2.24, 2.45) is 0 Å². The van der Waals surface area contributed by atoms with Gasteiger partial charge in [0.2, 0.25) is 0 Å². The number of hydrogen-bond acceptors (Lipinski definition) is 4. The molecule has 1 aromatic heterocycles. The quantitative estimate of drug-likeness (QED) is 0.923. The van der Waals surface area contributed by atoms with Crippen LogP contribution in [0.5, 0.6) is 0 Å². The number of hydrogen-bond donors (Lipinski definition) is 1. The Labute approximate surface area is 128 Å². The highest BCUT2D eigenvalue weighted by molar-refractivity contribution is 5.55. The molecule has 0 saturated carbocycles. The van der Waals surface area contributed by atoms with E-state index in [1.54, 1.807) is 0 Å². The fourth-order valence-electron chi connectivity index (χ4n) is 3.67. The number of rotatable bonds is 4. The van der Waals surface area contributed by atoms with Gasteiger partial charge in [-0.2, -0.15) is 0 Å². The molecule has 0 aliphatic carbocycles. The molecule has 0 radical (unpaired) electrons. The van der Waals surface area contributed by atoms with Gasteiger partial charge in [0.25, 0.3) is 0 Å². The molecule has 21 heavy (non-hydrogen) atoms. The Hall–Kier alpha value is -1.29. The molecule has 0 bridgehead atoms. The van der Waals surface area contributed by atoms with Crippen LogP contribution in [0.1, 0.15) is 39.0 Å². The van der Waals surface area contributed by atoms with Crippen LogP contribution >= 0.6 is 0 Å². The van der Waals surface area contributed by atoms with Gasteiger partial charge in [-0.3, -0.25) is 4.98 Å². The number of likely N-dealkylation sites (tertiary alicyclic amines) is 1. The normalized spacial score (nSPS) is 21.5. The van der Waals surface area contributed by atoms with Crippen LogP contribution in [0.25, 0.3) is 0 Å². The van der Waals surface area contributed by atoms with E-state index in [1.165, 1.54) is 64.0 Å². The van der Waals surface area contributed by atoms with Crippen molar-refractivity contribution in [2.75, 3.05) is 42.9 Å². The van der Waals surface area contributed by atoms with Crippen LogP contribution in [0.15, 0.2) is 18.5 Å². The predicted molar refractivity (Wildman–Crippen MR) is 89.1 cm³/mol. The average Bonchev–Trinajstić information content (AvgIpc) is 2.56. The molecule has 3 rings (SSSR count). The molecule has 116 valence electrons. The minimum Gasteiger partial charge on any atom is -0.384 e. The lowest BCUT2D eigenvalue weighted by Gasteiger charge is -2.41. The highest BCUT2D eigenvalue weighted by Gasteiger charge is 2.25. The Morgan fingerprint density at radius 3 is 2.57 bits per heavy atom. The summed E-state index contributed by atoms with van der Waals surface area (Å²) >= 11 is 0. The van der Waals surface area contributed by atoms with Crippen LogP contribution in [-0.4, -0.2) is 48.6 Å². The number of piperidine rings is 2. The van der Waals surface area contributed by atoms with E-state index >= 15 is 0 Å². The molecule has 0 amide bonds. The van der Waals surface area contributed by atoms with Gasteiger partial charge < -0.3 is 15.1 Å². The summed E-state index contributed by atoms with van der Waals surface area (Å²) in [5, 5.41) is 3.35. The van der Waals surface area contributed by atoms with Gasteiger partial charge in [0.05, 0.1) is 23.8 Å². The third-order valence-electron chi connectivity index (χ3n) is 4.84. The molecular formula is C17H28N4. The minimum absolute atomic E-state index is 0.812. The molecule has 2 saturated heterocycles. The molecule has 0 unspecified atom stereocenters. The van der Waals surface area contributed by atoms with Crippen LogP contribution < -0.4 is 10.2 Å². The van der Waals surface area contributed by atoms with Crippen molar-refractivity contribution in [2.45, 2.75) is 45.1 Å². The fraction of sp³-hybridized carbons (Fsp3) is 0.706. The van der Waals surface area contributed by atoms with Gasteiger partial charge in [-0.05, 0) is 51.8 Å². The summed E-state index contributed by atoms with van der Waals surface area (Å²) in [5.74, 6) is 0. The van der Waals surface area contributed by atoms with Crippen LogP contribution in [0.4, 0.5) is 11.4 Å². The van der Waals surface area contributed by atoms with Crippen molar-refractivity contribution >= 4 is 11.4 Å². The van der Waals surface area contributed by atoms with E-state index in [4.69, 9.17) is 0 Å². The summed E-state index contributed by atoms with van der Waals surface area (Å²) in [6, 6.07) is 3.05. The molecule has 1 N–H and O–H groups in total. The number of aromatic nitrogens is 1. The molecule has 3 heterocycles. The minimum atomic E-state index is 0.812. The Morgan fingerprint density at radius 1 is 1.10 bits per heavy atom. The third-order valence-corrected chi connectivity index (χ3v) is 4.84. The molecule has 0 spiro atoms. The van der Waals surface area contributed by atoms with E-state index in [2.05, 4.69) is 33.1 Å². The monoisotopic (exact) mass is 288 g/mol. The lowest BCUT2D eigenvalue weighted by atomic mass is 9.99. The molecule has 4 heteroatoms. The first-order valence-electron chi connectivity index (χ1n) is 8.54. The summed E-state index contributed by atoms with van der Waals surface area (Å²) in [7, 11) is 0. The summed E-state index contributed by atoms with van der Waals surface area (Å²) in [4.78, 5) is 9.60. The Kier molecular flexibility index (Phi) is 4.96. The number of anilines is 2. The largest absolute Gasteiger partial charge is 0.384 e. The maximum absolute atomic E-state index is 4.37. The van der Waals surface area contributed by atoms with Crippen molar-refractivity contribution in [3.05, 3.63) is 18.5 Å². The van der Waals surface area contributed by atoms with Gasteiger partial charge >= 0.3 is 0 Å². The van der Waals surface area contributed by atoms with Crippen molar-refractivity contribution in [3.63, 3.8) is 0 Å². The van der Waals surface area contributed by atoms with E-state index in [0.29, 0.717) is 0 Å². The number of nitrogens with one attached hydrogen (secondary N) is 1. The molecule has 0 aromatic carbocycles. The standard InChI is InChI=1S/C17H28N4/c1-2-19-15-12-17(14-18-13-15)21-10-6-16(7-11-21)20-8-4-3-5-9-20/h12-14,16,19H,2-11H2,1H3. The zero-order valence-electron chi connectivity index (χ0n) is 13.2. The highest BCUT2D eigenvalue weighted by Crippen LogP contribution is 2.25. The second kappa shape index (κ2) is 7.12. The lowest BCUT2D eigenvalue weighted by Crippen LogP contribution is -2.46. The highest BCUT2D eigenvalue weighted by atomic mass is 15.2. The maximum Gasteiger partial charge on any atom is 0.0573 e. The summed E-state index contributed by atoms with van der Waals surface area (Å²) in [6.45, 7) is 8.04. The summed E-state index contributed by atoms with van der Waals surface area (Å²) < 4.78 is 0. The first-order chi connectivity index (χ1) is 10.4. The van der Waals surface area contributed by atoms with E-state index in [-0.39, 0.29) is 0 Å². The molecule has 2 aliphatic rings. The van der Waals surface area contributed by atoms with Crippen LogP contribution in [0, 0.1) is 0 Å². The van der Waals surface area contributed by atoms with Crippen molar-refractivity contribution in [3.8, 4) is 0 Å². The van der Waals surface area contributed by atoms with Crippen LogP contribution in [-0.2, 0) is 0 Å². The Bertz CT molecular complexity index is 434. The van der Waals surface area contributed by atoms with Crippen LogP contribution in [0.2, 0.25) is 0 Å². The Morgan fingerprint density at radius 2 is 1.86 bits per heavy atom. The zero-order valence-corrected chi connectivity index (χ0v) is 13.2. The Balaban J connectivity index is 1.56. The van der Waals surface area contributed by atoms with Crippen LogP contribution in [0.3, 0.4) is 0 Å². The van der Waals surface area contributed by atoms with Gasteiger partial charge in [0.1, 0.15) is 0 Å². The van der Waals surface area contributed by atoms with Crippen molar-refractivity contribution in [1.29, 1.82) is 0 Å². The van der Waals surface area contributed by atoms with Gasteiger partial charge in [-0.1, -0.05) is 6.42 Å². The predicted octanol–water partition coefficient (Wildman–Crippen LogP) is 2.97. The van der Waals surface area contributed by atoms with E-state index in [0.717, 1.165) is 18.3 Å². The average molecular weight is 288 g/mol. The maximum atomic E-state index is 4.37. The molecule has 0 atom stereocenters. The van der Waals surface area contributed by atoms with E-state index in [9.17, 15) is 0 Å². The first-order valence-corrected chi connectivity index (χ1v) is 8.54. The fourth-order valence-corrected chi connectivity index (χ4v) is 3.67. The first kappa shape index (κ1) is 14.6. The van der Waals surface area contributed by atoms with Gasteiger partial charge in [0, 0.05) is 25.7 Å². The molecule has 2 aliphatic heterocycles. The topological polar surface area (TPSA) is 31.4 Å². The van der Waals surface area contributed by atoms with Crippen molar-refractivity contribution in [1.82, 2.24) is 9.88 Å². The summed E-state index contributed by atoms with van der Waals surface area (Å²) in [5.41, 5.74) is 2.40. The van der Waals surface area contributed by atoms with Gasteiger partial charge in [0.15, 0.2) is 0 Å². The third kappa shape index (κ3) is 3.67. The SMILES string of the molecule is CCNc1cncc(N2CCC(N3CCCCC3)CC2)c1. The van der Waals surface area contributed by atoms with Gasteiger partial charge in [-0.15, -0.1) is 0 Å². The lowest BCUT2D eigenvalue weighted by molar-refractivity contribution is 0.141. The molecule has 1 aromatic rings. The second-order valence-electron chi connectivity index (χ2n) is 6.28. The summed E-state index contributed by atoms with van der Waals surface area (Å²) in [6.07, 6.45) is 10.7. The second-order valence-corrected chi connectivity index (χ2v) is 6.28.